The lowest BCUT2D eigenvalue weighted by atomic mass is 10.0. The van der Waals surface area contributed by atoms with E-state index in [1.807, 2.05) is 6.07 Å². The molecular formula is C11H15Br2ClN2OS. The number of carbonyl (C=O) groups is 1. The number of nitrogens with two attached hydrogens (primary N) is 1. The fourth-order valence-electron chi connectivity index (χ4n) is 2.25. The predicted octanol–water partition coefficient (Wildman–Crippen LogP) is 3.55. The summed E-state index contributed by atoms with van der Waals surface area (Å²) in [7, 11) is 0. The van der Waals surface area contributed by atoms with Crippen molar-refractivity contribution in [2.75, 3.05) is 6.54 Å². The summed E-state index contributed by atoms with van der Waals surface area (Å²) in [6, 6.07) is 2.08. The van der Waals surface area contributed by atoms with E-state index in [0.717, 1.165) is 26.8 Å². The van der Waals surface area contributed by atoms with Crippen molar-refractivity contribution in [3.8, 4) is 0 Å². The number of carbonyl (C=O) groups excluding carboxylic acids is 1. The van der Waals surface area contributed by atoms with Gasteiger partial charge in [0.05, 0.1) is 13.1 Å². The smallest absolute Gasteiger partial charge is 0.253 e. The van der Waals surface area contributed by atoms with E-state index in [2.05, 4.69) is 37.2 Å². The Morgan fingerprint density at radius 2 is 2.22 bits per heavy atom. The summed E-state index contributed by atoms with van der Waals surface area (Å²) in [6.45, 7) is 0.652. The Balaban J connectivity index is 0.00000162. The molecule has 1 amide bonds. The first-order valence-electron chi connectivity index (χ1n) is 5.57. The third-order valence-electron chi connectivity index (χ3n) is 3.18. The van der Waals surface area contributed by atoms with Crippen LogP contribution >= 0.6 is 55.6 Å². The molecule has 1 saturated carbocycles. The highest BCUT2D eigenvalue weighted by Gasteiger charge is 2.28. The van der Waals surface area contributed by atoms with E-state index in [-0.39, 0.29) is 24.4 Å². The van der Waals surface area contributed by atoms with Crippen LogP contribution in [0.1, 0.15) is 29.6 Å². The molecule has 1 aromatic heterocycles. The van der Waals surface area contributed by atoms with Gasteiger partial charge in [-0.2, -0.15) is 0 Å². The summed E-state index contributed by atoms with van der Waals surface area (Å²) in [5, 5.41) is 3.09. The van der Waals surface area contributed by atoms with Crippen LogP contribution in [0.15, 0.2) is 13.6 Å². The molecule has 0 aliphatic heterocycles. The molecule has 2 atom stereocenters. The largest absolute Gasteiger partial charge is 0.349 e. The van der Waals surface area contributed by atoms with Crippen LogP contribution in [0.5, 0.6) is 0 Å². The van der Waals surface area contributed by atoms with E-state index in [1.165, 1.54) is 11.3 Å². The van der Waals surface area contributed by atoms with Crippen LogP contribution in [0.2, 0.25) is 0 Å². The van der Waals surface area contributed by atoms with E-state index in [0.29, 0.717) is 18.0 Å². The van der Waals surface area contributed by atoms with Crippen molar-refractivity contribution in [1.82, 2.24) is 5.32 Å². The highest BCUT2D eigenvalue weighted by Crippen LogP contribution is 2.32. The Labute approximate surface area is 134 Å². The fourth-order valence-corrected chi connectivity index (χ4v) is 5.04. The maximum absolute atomic E-state index is 12.1. The monoisotopic (exact) mass is 416 g/mol. The molecule has 0 saturated heterocycles. The Morgan fingerprint density at radius 1 is 1.50 bits per heavy atom. The summed E-state index contributed by atoms with van der Waals surface area (Å²) in [5.41, 5.74) is 6.41. The average Bonchev–Trinajstić information content (AvgIpc) is 2.84. The van der Waals surface area contributed by atoms with Crippen LogP contribution in [0.3, 0.4) is 0 Å². The Bertz CT molecular complexity index is 427. The van der Waals surface area contributed by atoms with Gasteiger partial charge in [0.2, 0.25) is 0 Å². The van der Waals surface area contributed by atoms with Crippen LogP contribution < -0.4 is 11.1 Å². The van der Waals surface area contributed by atoms with Gasteiger partial charge >= 0.3 is 0 Å². The third kappa shape index (κ3) is 3.70. The minimum atomic E-state index is -0.0100. The second kappa shape index (κ2) is 7.24. The minimum absolute atomic E-state index is 0. The first-order valence-corrected chi connectivity index (χ1v) is 7.98. The van der Waals surface area contributed by atoms with Crippen molar-refractivity contribution in [2.45, 2.75) is 25.3 Å². The van der Waals surface area contributed by atoms with Gasteiger partial charge in [-0.1, -0.05) is 6.42 Å². The van der Waals surface area contributed by atoms with E-state index in [9.17, 15) is 4.79 Å². The predicted molar refractivity (Wildman–Crippen MR) is 84.6 cm³/mol. The molecule has 1 aliphatic carbocycles. The highest BCUT2D eigenvalue weighted by molar-refractivity contribution is 9.12. The van der Waals surface area contributed by atoms with Crippen LogP contribution in [-0.4, -0.2) is 18.5 Å². The molecule has 1 aromatic rings. The topological polar surface area (TPSA) is 55.1 Å². The molecule has 0 bridgehead atoms. The number of nitrogens with one attached hydrogen (secondary N) is 1. The van der Waals surface area contributed by atoms with Crippen LogP contribution in [-0.2, 0) is 0 Å². The summed E-state index contributed by atoms with van der Waals surface area (Å²) in [5.74, 6) is 0.420. The summed E-state index contributed by atoms with van der Waals surface area (Å²) in [6.07, 6.45) is 3.31. The standard InChI is InChI=1S/C11H14Br2N2OS.ClH/c12-9-4-7(10(13)17-9)11(16)15-8-3-1-2-6(8)5-14;/h4,6,8H,1-3,5,14H2,(H,15,16);1H. The minimum Gasteiger partial charge on any atom is -0.349 e. The Hall–Kier alpha value is 0.380. The number of hydrogen-bond donors (Lipinski definition) is 2. The van der Waals surface area contributed by atoms with Gasteiger partial charge in [-0.05, 0) is 63.2 Å². The second-order valence-corrected chi connectivity index (χ2v) is 7.99. The zero-order valence-electron chi connectivity index (χ0n) is 9.62. The molecule has 18 heavy (non-hydrogen) atoms. The maximum Gasteiger partial charge on any atom is 0.253 e. The number of hydrogen-bond acceptors (Lipinski definition) is 3. The zero-order chi connectivity index (χ0) is 12.4. The molecule has 2 unspecified atom stereocenters. The van der Waals surface area contributed by atoms with Crippen molar-refractivity contribution < 1.29 is 4.79 Å². The molecule has 0 radical (unpaired) electrons. The van der Waals surface area contributed by atoms with Crippen molar-refractivity contribution in [1.29, 1.82) is 0 Å². The molecule has 2 rings (SSSR count). The fraction of sp³-hybridized carbons (Fsp3) is 0.545. The van der Waals surface area contributed by atoms with Gasteiger partial charge in [0, 0.05) is 6.04 Å². The summed E-state index contributed by atoms with van der Waals surface area (Å²) in [4.78, 5) is 12.1. The Morgan fingerprint density at radius 3 is 2.78 bits per heavy atom. The van der Waals surface area contributed by atoms with Gasteiger partial charge in [0.15, 0.2) is 0 Å². The van der Waals surface area contributed by atoms with Gasteiger partial charge in [0.25, 0.3) is 5.91 Å². The molecule has 3 N–H and O–H groups in total. The van der Waals surface area contributed by atoms with Crippen molar-refractivity contribution in [3.05, 3.63) is 19.2 Å². The second-order valence-electron chi connectivity index (χ2n) is 4.24. The van der Waals surface area contributed by atoms with Crippen LogP contribution in [0.4, 0.5) is 0 Å². The summed E-state index contributed by atoms with van der Waals surface area (Å²) >= 11 is 8.29. The maximum atomic E-state index is 12.1. The van der Waals surface area contributed by atoms with Gasteiger partial charge in [-0.25, -0.2) is 0 Å². The summed E-state index contributed by atoms with van der Waals surface area (Å²) < 4.78 is 1.82. The lowest BCUT2D eigenvalue weighted by Crippen LogP contribution is -2.39. The average molecular weight is 419 g/mol. The molecule has 1 fully saturated rings. The molecule has 1 heterocycles. The lowest BCUT2D eigenvalue weighted by Gasteiger charge is -2.19. The van der Waals surface area contributed by atoms with E-state index < -0.39 is 0 Å². The highest BCUT2D eigenvalue weighted by atomic mass is 79.9. The van der Waals surface area contributed by atoms with E-state index in [4.69, 9.17) is 5.73 Å². The van der Waals surface area contributed by atoms with Gasteiger partial charge in [-0.15, -0.1) is 23.7 Å². The van der Waals surface area contributed by atoms with E-state index >= 15 is 0 Å². The SMILES string of the molecule is Cl.NCC1CCCC1NC(=O)c1cc(Br)sc1Br. The molecular weight excluding hydrogens is 403 g/mol. The number of amides is 1. The van der Waals surface area contributed by atoms with Crippen molar-refractivity contribution >= 4 is 61.5 Å². The molecule has 3 nitrogen and oxygen atoms in total. The normalized spacial score (nSPS) is 22.6. The van der Waals surface area contributed by atoms with Crippen LogP contribution in [0, 0.1) is 5.92 Å². The van der Waals surface area contributed by atoms with Gasteiger partial charge in [-0.3, -0.25) is 4.79 Å². The molecule has 0 aromatic carbocycles. The molecule has 102 valence electrons. The third-order valence-corrected chi connectivity index (χ3v) is 5.52. The quantitative estimate of drug-likeness (QED) is 0.789. The first kappa shape index (κ1) is 16.4. The molecule has 7 heteroatoms. The van der Waals surface area contributed by atoms with Crippen LogP contribution in [0.25, 0.3) is 0 Å². The van der Waals surface area contributed by atoms with E-state index in [1.54, 1.807) is 0 Å². The number of thiophene rings is 1. The first-order chi connectivity index (χ1) is 8.11. The van der Waals surface area contributed by atoms with Gasteiger partial charge < -0.3 is 11.1 Å². The van der Waals surface area contributed by atoms with Gasteiger partial charge in [0.1, 0.15) is 0 Å². The van der Waals surface area contributed by atoms with Crippen molar-refractivity contribution in [2.24, 2.45) is 11.7 Å². The number of rotatable bonds is 3. The van der Waals surface area contributed by atoms with Crippen molar-refractivity contribution in [3.63, 3.8) is 0 Å². The lowest BCUT2D eigenvalue weighted by molar-refractivity contribution is 0.0928. The molecule has 1 aliphatic rings. The number of halogens is 3. The zero-order valence-corrected chi connectivity index (χ0v) is 14.4. The molecule has 0 spiro atoms. The Kier molecular flexibility index (Phi) is 6.61.